The van der Waals surface area contributed by atoms with Gasteiger partial charge in [0.15, 0.2) is 5.78 Å². The van der Waals surface area contributed by atoms with Crippen LogP contribution in [0.25, 0.3) is 0 Å². The van der Waals surface area contributed by atoms with Gasteiger partial charge in [0.1, 0.15) is 0 Å². The number of rotatable bonds is 6. The van der Waals surface area contributed by atoms with Crippen molar-refractivity contribution in [3.8, 4) is 0 Å². The number of Topliss-reactive ketones (excluding diaryl/α,β-unsaturated/α-hetero) is 1. The summed E-state index contributed by atoms with van der Waals surface area (Å²) in [5.74, 6) is -0.0711. The average Bonchev–Trinajstić information content (AvgIpc) is 2.68. The van der Waals surface area contributed by atoms with Crippen molar-refractivity contribution < 1.29 is 13.2 Å². The second-order valence-electron chi connectivity index (χ2n) is 7.57. The van der Waals surface area contributed by atoms with Crippen molar-refractivity contribution in [2.45, 2.75) is 44.2 Å². The number of piperazine rings is 1. The number of sulfonamides is 1. The Balaban J connectivity index is 1.69. The number of carbonyl (C=O) groups excluding carboxylic acids is 1. The molecule has 1 aliphatic rings. The van der Waals surface area contributed by atoms with Gasteiger partial charge in [0.25, 0.3) is 0 Å². The Morgan fingerprint density at radius 3 is 2.07 bits per heavy atom. The highest BCUT2D eigenvalue weighted by molar-refractivity contribution is 7.89. The Bertz CT molecular complexity index is 899. The molecule has 1 aliphatic heterocycles. The molecule has 0 aliphatic carbocycles. The van der Waals surface area contributed by atoms with Gasteiger partial charge < -0.3 is 0 Å². The van der Waals surface area contributed by atoms with Gasteiger partial charge in [-0.05, 0) is 44.9 Å². The van der Waals surface area contributed by atoms with Gasteiger partial charge in [-0.25, -0.2) is 8.42 Å². The molecule has 0 bridgehead atoms. The van der Waals surface area contributed by atoms with Crippen LogP contribution in [0.3, 0.4) is 0 Å². The smallest absolute Gasteiger partial charge is 0.243 e. The van der Waals surface area contributed by atoms with E-state index in [4.69, 9.17) is 0 Å². The van der Waals surface area contributed by atoms with E-state index in [1.54, 1.807) is 16.4 Å². The molecule has 0 amide bonds. The van der Waals surface area contributed by atoms with Gasteiger partial charge in [-0.1, -0.05) is 42.5 Å². The van der Waals surface area contributed by atoms with Crippen LogP contribution in [0.1, 0.15) is 36.7 Å². The van der Waals surface area contributed by atoms with E-state index in [-0.39, 0.29) is 22.8 Å². The minimum absolute atomic E-state index is 0.0711. The zero-order valence-corrected chi connectivity index (χ0v) is 17.5. The molecule has 5 nitrogen and oxygen atoms in total. The van der Waals surface area contributed by atoms with Crippen LogP contribution >= 0.6 is 0 Å². The standard InChI is InChI=1S/C22H28N2O3S/c1-17-15-23(28(26,27)22-11-9-21(10-12-22)19(3)25)16-18(2)24(17)14-13-20-7-5-4-6-8-20/h4-12,17-18H,13-16H2,1-3H3. The predicted octanol–water partition coefficient (Wildman–Crippen LogP) is 3.22. The number of ketones is 1. The summed E-state index contributed by atoms with van der Waals surface area (Å²) in [6.45, 7) is 7.49. The van der Waals surface area contributed by atoms with E-state index in [1.165, 1.54) is 24.6 Å². The lowest BCUT2D eigenvalue weighted by Crippen LogP contribution is -2.58. The van der Waals surface area contributed by atoms with Crippen molar-refractivity contribution in [1.29, 1.82) is 0 Å². The van der Waals surface area contributed by atoms with Crippen LogP contribution in [0.4, 0.5) is 0 Å². The van der Waals surface area contributed by atoms with Crippen molar-refractivity contribution in [2.75, 3.05) is 19.6 Å². The lowest BCUT2D eigenvalue weighted by molar-refractivity contribution is 0.0784. The molecule has 2 aromatic carbocycles. The third-order valence-electron chi connectivity index (χ3n) is 5.47. The maximum Gasteiger partial charge on any atom is 0.243 e. The van der Waals surface area contributed by atoms with Gasteiger partial charge in [-0.2, -0.15) is 4.31 Å². The van der Waals surface area contributed by atoms with Gasteiger partial charge in [0.2, 0.25) is 10.0 Å². The summed E-state index contributed by atoms with van der Waals surface area (Å²) in [5, 5.41) is 0. The van der Waals surface area contributed by atoms with Crippen molar-refractivity contribution in [1.82, 2.24) is 9.21 Å². The number of hydrogen-bond donors (Lipinski definition) is 0. The fraction of sp³-hybridized carbons (Fsp3) is 0.409. The Kier molecular flexibility index (Phi) is 6.33. The van der Waals surface area contributed by atoms with Gasteiger partial charge in [-0.3, -0.25) is 9.69 Å². The van der Waals surface area contributed by atoms with E-state index >= 15 is 0 Å². The molecule has 2 unspecified atom stereocenters. The van der Waals surface area contributed by atoms with Crippen LogP contribution in [-0.2, 0) is 16.4 Å². The van der Waals surface area contributed by atoms with Crippen LogP contribution < -0.4 is 0 Å². The summed E-state index contributed by atoms with van der Waals surface area (Å²) in [5.41, 5.74) is 1.81. The Hall–Kier alpha value is -2.02. The predicted molar refractivity (Wildman–Crippen MR) is 111 cm³/mol. The first-order valence-corrected chi connectivity index (χ1v) is 11.1. The largest absolute Gasteiger partial charge is 0.295 e. The van der Waals surface area contributed by atoms with Crippen LogP contribution in [0, 0.1) is 0 Å². The first-order valence-electron chi connectivity index (χ1n) is 9.70. The van der Waals surface area contributed by atoms with E-state index in [1.807, 2.05) is 18.2 Å². The summed E-state index contributed by atoms with van der Waals surface area (Å²) in [6, 6.07) is 16.9. The van der Waals surface area contributed by atoms with Crippen LogP contribution in [0.2, 0.25) is 0 Å². The van der Waals surface area contributed by atoms with Crippen molar-refractivity contribution in [3.63, 3.8) is 0 Å². The number of hydrogen-bond acceptors (Lipinski definition) is 4. The normalized spacial score (nSPS) is 21.5. The number of carbonyl (C=O) groups is 1. The summed E-state index contributed by atoms with van der Waals surface area (Å²) >= 11 is 0. The third kappa shape index (κ3) is 4.51. The zero-order valence-electron chi connectivity index (χ0n) is 16.7. The van der Waals surface area contributed by atoms with E-state index in [0.29, 0.717) is 18.7 Å². The molecule has 0 aromatic heterocycles. The highest BCUT2D eigenvalue weighted by atomic mass is 32.2. The Morgan fingerprint density at radius 2 is 1.54 bits per heavy atom. The van der Waals surface area contributed by atoms with Gasteiger partial charge in [0, 0.05) is 37.3 Å². The summed E-state index contributed by atoms with van der Waals surface area (Å²) in [4.78, 5) is 14.1. The molecular weight excluding hydrogens is 372 g/mol. The Morgan fingerprint density at radius 1 is 0.964 bits per heavy atom. The first kappa shape index (κ1) is 20.7. The molecule has 2 aromatic rings. The molecule has 0 radical (unpaired) electrons. The third-order valence-corrected chi connectivity index (χ3v) is 7.31. The second-order valence-corrected chi connectivity index (χ2v) is 9.51. The molecule has 1 saturated heterocycles. The minimum atomic E-state index is -3.57. The molecular formula is C22H28N2O3S. The maximum absolute atomic E-state index is 13.1. The van der Waals surface area contributed by atoms with Gasteiger partial charge in [0.05, 0.1) is 4.90 Å². The highest BCUT2D eigenvalue weighted by Gasteiger charge is 2.35. The summed E-state index contributed by atoms with van der Waals surface area (Å²) in [7, 11) is -3.57. The fourth-order valence-electron chi connectivity index (χ4n) is 3.86. The lowest BCUT2D eigenvalue weighted by atomic mass is 10.1. The molecule has 2 atom stereocenters. The van der Waals surface area contributed by atoms with Crippen molar-refractivity contribution in [2.24, 2.45) is 0 Å². The zero-order chi connectivity index (χ0) is 20.3. The lowest BCUT2D eigenvalue weighted by Gasteiger charge is -2.43. The molecule has 6 heteroatoms. The molecule has 150 valence electrons. The number of benzene rings is 2. The molecule has 1 fully saturated rings. The maximum atomic E-state index is 13.1. The van der Waals surface area contributed by atoms with E-state index in [2.05, 4.69) is 30.9 Å². The first-order chi connectivity index (χ1) is 13.3. The summed E-state index contributed by atoms with van der Waals surface area (Å²) in [6.07, 6.45) is 0.953. The van der Waals surface area contributed by atoms with Crippen molar-refractivity contribution in [3.05, 3.63) is 65.7 Å². The number of nitrogens with zero attached hydrogens (tertiary/aromatic N) is 2. The average molecular weight is 401 g/mol. The molecule has 0 saturated carbocycles. The van der Waals surface area contributed by atoms with E-state index in [9.17, 15) is 13.2 Å². The molecule has 0 N–H and O–H groups in total. The van der Waals surface area contributed by atoms with E-state index < -0.39 is 10.0 Å². The molecule has 28 heavy (non-hydrogen) atoms. The van der Waals surface area contributed by atoms with E-state index in [0.717, 1.165) is 13.0 Å². The van der Waals surface area contributed by atoms with Crippen molar-refractivity contribution >= 4 is 15.8 Å². The monoisotopic (exact) mass is 400 g/mol. The Labute approximate surface area is 168 Å². The van der Waals surface area contributed by atoms with Gasteiger partial charge in [-0.15, -0.1) is 0 Å². The molecule has 3 rings (SSSR count). The van der Waals surface area contributed by atoms with Crippen LogP contribution in [-0.4, -0.2) is 55.1 Å². The topological polar surface area (TPSA) is 57.7 Å². The molecule has 0 spiro atoms. The minimum Gasteiger partial charge on any atom is -0.295 e. The van der Waals surface area contributed by atoms with Crippen LogP contribution in [0.15, 0.2) is 59.5 Å². The fourth-order valence-corrected chi connectivity index (χ4v) is 5.46. The SMILES string of the molecule is CC(=O)c1ccc(S(=O)(=O)N2CC(C)N(CCc3ccccc3)C(C)C2)cc1. The quantitative estimate of drug-likeness (QED) is 0.699. The van der Waals surface area contributed by atoms with Gasteiger partial charge >= 0.3 is 0 Å². The second kappa shape index (κ2) is 8.55. The summed E-state index contributed by atoms with van der Waals surface area (Å²) < 4.78 is 27.7. The van der Waals surface area contributed by atoms with Crippen LogP contribution in [0.5, 0.6) is 0 Å². The highest BCUT2D eigenvalue weighted by Crippen LogP contribution is 2.24. The molecule has 1 heterocycles.